The van der Waals surface area contributed by atoms with Crippen molar-refractivity contribution in [1.82, 2.24) is 4.90 Å². The van der Waals surface area contributed by atoms with Gasteiger partial charge in [-0.15, -0.1) is 0 Å². The summed E-state index contributed by atoms with van der Waals surface area (Å²) < 4.78 is 0. The number of hydrogen-bond acceptors (Lipinski definition) is 1. The third-order valence-corrected chi connectivity index (χ3v) is 3.08. The summed E-state index contributed by atoms with van der Waals surface area (Å²) in [4.78, 5) is 2.59. The van der Waals surface area contributed by atoms with Gasteiger partial charge in [-0.2, -0.15) is 0 Å². The number of halogens is 1. The van der Waals surface area contributed by atoms with Gasteiger partial charge in [0.2, 0.25) is 0 Å². The second-order valence-electron chi connectivity index (χ2n) is 4.30. The standard InChI is InChI=1S/C13H20N2.ClH/c1-2-5-13(6-3-1)7-4-10-15-11-8-14-9-12-15;/h1-3,5-6,14H,4,7-12H2;1H. The lowest BCUT2D eigenvalue weighted by molar-refractivity contribution is -0.663. The molecule has 0 saturated carbocycles. The highest BCUT2D eigenvalue weighted by Crippen LogP contribution is 2.03. The van der Waals surface area contributed by atoms with Crippen molar-refractivity contribution in [2.75, 3.05) is 32.7 Å². The summed E-state index contributed by atoms with van der Waals surface area (Å²) in [6, 6.07) is 10.8. The smallest absolute Gasteiger partial charge is 0.0885 e. The van der Waals surface area contributed by atoms with Crippen LogP contribution in [-0.4, -0.2) is 37.6 Å². The van der Waals surface area contributed by atoms with Crippen LogP contribution in [0.2, 0.25) is 0 Å². The highest BCUT2D eigenvalue weighted by Gasteiger charge is 2.10. The van der Waals surface area contributed by atoms with E-state index in [0.717, 1.165) is 0 Å². The van der Waals surface area contributed by atoms with Crippen LogP contribution >= 0.6 is 0 Å². The lowest BCUT2D eigenvalue weighted by Gasteiger charge is -2.24. The van der Waals surface area contributed by atoms with Gasteiger partial charge in [-0.1, -0.05) is 30.3 Å². The van der Waals surface area contributed by atoms with Gasteiger partial charge in [0.15, 0.2) is 0 Å². The Bertz CT molecular complexity index is 271. The van der Waals surface area contributed by atoms with Crippen molar-refractivity contribution >= 4 is 0 Å². The Labute approximate surface area is 104 Å². The molecule has 90 valence electrons. The summed E-state index contributed by atoms with van der Waals surface area (Å²) in [5.74, 6) is 0. The van der Waals surface area contributed by atoms with Crippen molar-refractivity contribution in [1.29, 1.82) is 0 Å². The van der Waals surface area contributed by atoms with Crippen molar-refractivity contribution < 1.29 is 17.7 Å². The maximum Gasteiger partial charge on any atom is 0.0885 e. The monoisotopic (exact) mass is 240 g/mol. The first-order valence-electron chi connectivity index (χ1n) is 6.03. The van der Waals surface area contributed by atoms with Crippen LogP contribution in [0.5, 0.6) is 0 Å². The van der Waals surface area contributed by atoms with Crippen molar-refractivity contribution in [3.05, 3.63) is 35.9 Å². The van der Waals surface area contributed by atoms with Gasteiger partial charge in [0, 0.05) is 13.1 Å². The largest absolute Gasteiger partial charge is 1.00 e. The summed E-state index contributed by atoms with van der Waals surface area (Å²) >= 11 is 0. The lowest BCUT2D eigenvalue weighted by atomic mass is 10.1. The van der Waals surface area contributed by atoms with Gasteiger partial charge in [0.05, 0.1) is 13.1 Å². The molecule has 1 fully saturated rings. The molecule has 2 rings (SSSR count). The van der Waals surface area contributed by atoms with Crippen LogP contribution in [0.1, 0.15) is 12.0 Å². The van der Waals surface area contributed by atoms with Gasteiger partial charge < -0.3 is 17.7 Å². The molecule has 0 aliphatic carbocycles. The summed E-state index contributed by atoms with van der Waals surface area (Å²) in [5, 5.41) is 2.41. The first kappa shape index (κ1) is 13.5. The van der Waals surface area contributed by atoms with Crippen LogP contribution in [0, 0.1) is 0 Å². The fourth-order valence-electron chi connectivity index (χ4n) is 2.18. The molecule has 1 saturated heterocycles. The molecule has 1 heterocycles. The van der Waals surface area contributed by atoms with Crippen molar-refractivity contribution in [2.24, 2.45) is 0 Å². The quantitative estimate of drug-likeness (QED) is 0.617. The molecular weight excluding hydrogens is 220 g/mol. The van der Waals surface area contributed by atoms with E-state index in [1.807, 2.05) is 0 Å². The normalized spacial score (nSPS) is 16.8. The molecule has 1 aliphatic heterocycles. The Balaban J connectivity index is 0.00000128. The molecule has 1 aromatic carbocycles. The molecule has 1 aromatic rings. The summed E-state index contributed by atoms with van der Waals surface area (Å²) in [7, 11) is 0. The zero-order chi connectivity index (χ0) is 10.3. The van der Waals surface area contributed by atoms with Crippen molar-refractivity contribution in [3.8, 4) is 0 Å². The Kier molecular flexibility index (Phi) is 6.46. The number of aryl methyl sites for hydroxylation is 1. The molecule has 0 radical (unpaired) electrons. The zero-order valence-electron chi connectivity index (χ0n) is 9.74. The Morgan fingerprint density at radius 1 is 1.06 bits per heavy atom. The zero-order valence-corrected chi connectivity index (χ0v) is 10.5. The third-order valence-electron chi connectivity index (χ3n) is 3.08. The van der Waals surface area contributed by atoms with E-state index in [4.69, 9.17) is 0 Å². The first-order valence-corrected chi connectivity index (χ1v) is 6.03. The average Bonchev–Trinajstić information content (AvgIpc) is 2.32. The number of hydrogen-bond donors (Lipinski definition) is 1. The molecular formula is C13H21ClN2. The number of quaternary nitrogens is 1. The topological polar surface area (TPSA) is 19.9 Å². The van der Waals surface area contributed by atoms with Crippen LogP contribution in [0.4, 0.5) is 0 Å². The van der Waals surface area contributed by atoms with E-state index in [1.165, 1.54) is 51.1 Å². The van der Waals surface area contributed by atoms with Crippen LogP contribution in [0.25, 0.3) is 0 Å². The highest BCUT2D eigenvalue weighted by molar-refractivity contribution is 5.14. The number of nitrogens with two attached hydrogens (primary N) is 1. The molecule has 0 aromatic heterocycles. The Morgan fingerprint density at radius 3 is 2.44 bits per heavy atom. The summed E-state index contributed by atoms with van der Waals surface area (Å²) in [5.41, 5.74) is 1.47. The van der Waals surface area contributed by atoms with E-state index >= 15 is 0 Å². The third kappa shape index (κ3) is 4.52. The maximum atomic E-state index is 2.59. The Hall–Kier alpha value is -0.570. The molecule has 2 nitrogen and oxygen atoms in total. The molecule has 1 aliphatic rings. The second kappa shape index (κ2) is 7.66. The summed E-state index contributed by atoms with van der Waals surface area (Å²) in [6.45, 7) is 6.38. The number of benzene rings is 1. The van der Waals surface area contributed by atoms with Gasteiger partial charge in [0.1, 0.15) is 0 Å². The fourth-order valence-corrected chi connectivity index (χ4v) is 2.18. The van der Waals surface area contributed by atoms with E-state index in [-0.39, 0.29) is 12.4 Å². The second-order valence-corrected chi connectivity index (χ2v) is 4.30. The van der Waals surface area contributed by atoms with Crippen LogP contribution in [0.3, 0.4) is 0 Å². The number of piperazine rings is 1. The SMILES string of the molecule is [Cl-].c1ccc(CCCN2CC[NH2+]CC2)cc1. The minimum absolute atomic E-state index is 0. The van der Waals surface area contributed by atoms with E-state index in [0.29, 0.717) is 0 Å². The number of rotatable bonds is 4. The van der Waals surface area contributed by atoms with Gasteiger partial charge in [-0.25, -0.2) is 0 Å². The highest BCUT2D eigenvalue weighted by atomic mass is 35.5. The minimum atomic E-state index is 0. The Morgan fingerprint density at radius 2 is 1.75 bits per heavy atom. The van der Waals surface area contributed by atoms with Gasteiger partial charge >= 0.3 is 0 Å². The molecule has 3 heteroatoms. The minimum Gasteiger partial charge on any atom is -1.00 e. The fraction of sp³-hybridized carbons (Fsp3) is 0.538. The van der Waals surface area contributed by atoms with Gasteiger partial charge in [-0.05, 0) is 24.9 Å². The van der Waals surface area contributed by atoms with Crippen molar-refractivity contribution in [3.63, 3.8) is 0 Å². The molecule has 2 N–H and O–H groups in total. The predicted octanol–water partition coefficient (Wildman–Crippen LogP) is -2.50. The van der Waals surface area contributed by atoms with E-state index < -0.39 is 0 Å². The first-order chi connectivity index (χ1) is 7.45. The van der Waals surface area contributed by atoms with E-state index in [9.17, 15) is 0 Å². The van der Waals surface area contributed by atoms with Crippen LogP contribution in [-0.2, 0) is 6.42 Å². The molecule has 0 spiro atoms. The van der Waals surface area contributed by atoms with E-state index in [2.05, 4.69) is 40.5 Å². The van der Waals surface area contributed by atoms with E-state index in [1.54, 1.807) is 0 Å². The average molecular weight is 241 g/mol. The molecule has 0 unspecified atom stereocenters. The predicted molar refractivity (Wildman–Crippen MR) is 62.9 cm³/mol. The molecule has 0 atom stereocenters. The number of nitrogens with zero attached hydrogens (tertiary/aromatic N) is 1. The van der Waals surface area contributed by atoms with Crippen LogP contribution < -0.4 is 17.7 Å². The van der Waals surface area contributed by atoms with Gasteiger partial charge in [0.25, 0.3) is 0 Å². The molecule has 0 amide bonds. The lowest BCUT2D eigenvalue weighted by Crippen LogP contribution is -3.00. The van der Waals surface area contributed by atoms with Crippen LogP contribution in [0.15, 0.2) is 30.3 Å². The van der Waals surface area contributed by atoms with Gasteiger partial charge in [-0.3, -0.25) is 4.90 Å². The van der Waals surface area contributed by atoms with Crippen molar-refractivity contribution in [2.45, 2.75) is 12.8 Å². The molecule has 0 bridgehead atoms. The molecule has 16 heavy (non-hydrogen) atoms. The summed E-state index contributed by atoms with van der Waals surface area (Å²) in [6.07, 6.45) is 2.52. The maximum absolute atomic E-state index is 2.59.